The second-order valence-electron chi connectivity index (χ2n) is 2.65. The van der Waals surface area contributed by atoms with Gasteiger partial charge in [0.05, 0.1) is 15.9 Å². The molecule has 0 fully saturated rings. The molecule has 0 unspecified atom stereocenters. The van der Waals surface area contributed by atoms with Crippen molar-refractivity contribution in [1.29, 1.82) is 0 Å². The number of benzene rings is 1. The molecule has 0 aromatic heterocycles. The Hall–Kier alpha value is -2.46. The van der Waals surface area contributed by atoms with Crippen LogP contribution in [-0.2, 0) is 0 Å². The molecule has 0 aliphatic rings. The van der Waals surface area contributed by atoms with E-state index in [0.29, 0.717) is 5.56 Å². The SMILES string of the molecule is C=C=Cc1cc([N+](=O)[O-])cc([N+](=O)[O-])c1. The first-order valence-corrected chi connectivity index (χ1v) is 3.84. The first-order chi connectivity index (χ1) is 7.04. The molecule has 0 radical (unpaired) electrons. The zero-order chi connectivity index (χ0) is 11.4. The fourth-order valence-corrected chi connectivity index (χ4v) is 1.03. The number of nitro benzene ring substituents is 2. The van der Waals surface area contributed by atoms with E-state index in [1.807, 2.05) is 0 Å². The first-order valence-electron chi connectivity index (χ1n) is 3.84. The lowest BCUT2D eigenvalue weighted by Crippen LogP contribution is -1.93. The van der Waals surface area contributed by atoms with Crippen molar-refractivity contribution in [2.45, 2.75) is 0 Å². The van der Waals surface area contributed by atoms with Crippen LogP contribution in [0, 0.1) is 20.2 Å². The van der Waals surface area contributed by atoms with Gasteiger partial charge in [-0.15, -0.1) is 5.73 Å². The van der Waals surface area contributed by atoms with Crippen LogP contribution in [0.5, 0.6) is 0 Å². The molecule has 6 nitrogen and oxygen atoms in total. The van der Waals surface area contributed by atoms with Gasteiger partial charge in [-0.25, -0.2) is 0 Å². The van der Waals surface area contributed by atoms with Crippen molar-refractivity contribution >= 4 is 17.5 Å². The van der Waals surface area contributed by atoms with Crippen LogP contribution in [0.2, 0.25) is 0 Å². The van der Waals surface area contributed by atoms with Crippen molar-refractivity contribution in [2.75, 3.05) is 0 Å². The molecule has 0 heterocycles. The number of rotatable bonds is 3. The van der Waals surface area contributed by atoms with Gasteiger partial charge in [0.25, 0.3) is 11.4 Å². The monoisotopic (exact) mass is 206 g/mol. The van der Waals surface area contributed by atoms with Gasteiger partial charge in [-0.05, 0) is 11.6 Å². The second kappa shape index (κ2) is 4.17. The molecule has 0 atom stereocenters. The van der Waals surface area contributed by atoms with E-state index in [4.69, 9.17) is 0 Å². The van der Waals surface area contributed by atoms with Crippen molar-refractivity contribution in [1.82, 2.24) is 0 Å². The predicted molar refractivity (Wildman–Crippen MR) is 53.4 cm³/mol. The summed E-state index contributed by atoms with van der Waals surface area (Å²) in [5, 5.41) is 20.9. The molecule has 1 rings (SSSR count). The Bertz CT molecular complexity index is 413. The van der Waals surface area contributed by atoms with Crippen LogP contribution in [0.4, 0.5) is 11.4 Å². The van der Waals surface area contributed by atoms with Crippen molar-refractivity contribution in [3.8, 4) is 0 Å². The van der Waals surface area contributed by atoms with E-state index in [0.717, 1.165) is 6.07 Å². The Morgan fingerprint density at radius 1 is 1.13 bits per heavy atom. The Labute approximate surface area is 84.5 Å². The summed E-state index contributed by atoms with van der Waals surface area (Å²) in [6.07, 6.45) is 1.33. The third kappa shape index (κ3) is 2.49. The maximum absolute atomic E-state index is 10.5. The van der Waals surface area contributed by atoms with E-state index in [-0.39, 0.29) is 11.4 Å². The van der Waals surface area contributed by atoms with E-state index in [1.165, 1.54) is 18.2 Å². The van der Waals surface area contributed by atoms with Crippen LogP contribution in [0.3, 0.4) is 0 Å². The van der Waals surface area contributed by atoms with Crippen molar-refractivity contribution < 1.29 is 9.85 Å². The number of non-ortho nitro benzene ring substituents is 2. The maximum atomic E-state index is 10.5. The number of nitrogens with zero attached hydrogens (tertiary/aromatic N) is 2. The van der Waals surface area contributed by atoms with Crippen molar-refractivity contribution in [2.24, 2.45) is 0 Å². The van der Waals surface area contributed by atoms with Gasteiger partial charge in [-0.1, -0.05) is 6.58 Å². The van der Waals surface area contributed by atoms with Gasteiger partial charge in [0.2, 0.25) is 0 Å². The maximum Gasteiger partial charge on any atom is 0.276 e. The van der Waals surface area contributed by atoms with Gasteiger partial charge in [0.15, 0.2) is 0 Å². The summed E-state index contributed by atoms with van der Waals surface area (Å²) in [6, 6.07) is 3.33. The Kier molecular flexibility index (Phi) is 2.95. The minimum atomic E-state index is -0.687. The van der Waals surface area contributed by atoms with E-state index in [9.17, 15) is 20.2 Å². The molecular formula is C9H6N2O4. The van der Waals surface area contributed by atoms with E-state index < -0.39 is 9.85 Å². The summed E-state index contributed by atoms with van der Waals surface area (Å²) >= 11 is 0. The zero-order valence-corrected chi connectivity index (χ0v) is 7.54. The normalized spacial score (nSPS) is 9.07. The van der Waals surface area contributed by atoms with Crippen LogP contribution in [0.1, 0.15) is 5.56 Å². The van der Waals surface area contributed by atoms with E-state index in [1.54, 1.807) is 0 Å². The fraction of sp³-hybridized carbons (Fsp3) is 0. The minimum absolute atomic E-state index is 0.325. The lowest BCUT2D eigenvalue weighted by Gasteiger charge is -1.95. The summed E-state index contributed by atoms with van der Waals surface area (Å²) in [6.45, 7) is 3.28. The Balaban J connectivity index is 3.38. The standard InChI is InChI=1S/C9H6N2O4/c1-2-3-7-4-8(10(12)13)6-9(5-7)11(14)15/h3-6H,1H2. The smallest absolute Gasteiger partial charge is 0.258 e. The molecule has 15 heavy (non-hydrogen) atoms. The summed E-state index contributed by atoms with van der Waals surface area (Å²) in [5.74, 6) is 0. The number of nitro groups is 2. The molecule has 76 valence electrons. The quantitative estimate of drug-likeness (QED) is 0.431. The van der Waals surface area contributed by atoms with Crippen LogP contribution >= 0.6 is 0 Å². The zero-order valence-electron chi connectivity index (χ0n) is 7.54. The van der Waals surface area contributed by atoms with Gasteiger partial charge in [0, 0.05) is 12.1 Å². The average molecular weight is 206 g/mol. The molecule has 0 amide bonds. The lowest BCUT2D eigenvalue weighted by molar-refractivity contribution is -0.394. The van der Waals surface area contributed by atoms with Gasteiger partial charge >= 0.3 is 0 Å². The molecule has 0 spiro atoms. The second-order valence-corrected chi connectivity index (χ2v) is 2.65. The number of hydrogen-bond donors (Lipinski definition) is 0. The third-order valence-electron chi connectivity index (χ3n) is 1.62. The van der Waals surface area contributed by atoms with Crippen molar-refractivity contribution in [3.63, 3.8) is 0 Å². The molecular weight excluding hydrogens is 200 g/mol. The molecule has 0 bridgehead atoms. The molecule has 0 aliphatic carbocycles. The molecule has 0 saturated heterocycles. The fourth-order valence-electron chi connectivity index (χ4n) is 1.03. The largest absolute Gasteiger partial charge is 0.276 e. The van der Waals surface area contributed by atoms with Gasteiger partial charge in [-0.2, -0.15) is 0 Å². The molecule has 1 aromatic rings. The predicted octanol–water partition coefficient (Wildman–Crippen LogP) is 2.30. The summed E-state index contributed by atoms with van der Waals surface area (Å²) in [5.41, 5.74) is 2.06. The summed E-state index contributed by atoms with van der Waals surface area (Å²) in [7, 11) is 0. The van der Waals surface area contributed by atoms with E-state index >= 15 is 0 Å². The summed E-state index contributed by atoms with van der Waals surface area (Å²) < 4.78 is 0. The van der Waals surface area contributed by atoms with Crippen LogP contribution in [-0.4, -0.2) is 9.85 Å². The van der Waals surface area contributed by atoms with Gasteiger partial charge in [0.1, 0.15) is 0 Å². The highest BCUT2D eigenvalue weighted by molar-refractivity contribution is 5.58. The third-order valence-corrected chi connectivity index (χ3v) is 1.62. The number of hydrogen-bond acceptors (Lipinski definition) is 4. The first kappa shape index (κ1) is 10.6. The highest BCUT2D eigenvalue weighted by Gasteiger charge is 2.14. The van der Waals surface area contributed by atoms with Crippen molar-refractivity contribution in [3.05, 3.63) is 56.3 Å². The topological polar surface area (TPSA) is 86.3 Å². The molecule has 0 aliphatic heterocycles. The van der Waals surface area contributed by atoms with Crippen LogP contribution < -0.4 is 0 Å². The van der Waals surface area contributed by atoms with Crippen LogP contribution in [0.15, 0.2) is 30.5 Å². The van der Waals surface area contributed by atoms with Gasteiger partial charge in [-0.3, -0.25) is 20.2 Å². The highest BCUT2D eigenvalue weighted by Crippen LogP contribution is 2.23. The average Bonchev–Trinajstić information content (AvgIpc) is 2.17. The van der Waals surface area contributed by atoms with Gasteiger partial charge < -0.3 is 0 Å². The van der Waals surface area contributed by atoms with Crippen LogP contribution in [0.25, 0.3) is 6.08 Å². The molecule has 6 heteroatoms. The van der Waals surface area contributed by atoms with E-state index in [2.05, 4.69) is 12.3 Å². The summed E-state index contributed by atoms with van der Waals surface area (Å²) in [4.78, 5) is 19.6. The Morgan fingerprint density at radius 2 is 1.60 bits per heavy atom. The molecule has 1 aromatic carbocycles. The minimum Gasteiger partial charge on any atom is -0.258 e. The lowest BCUT2D eigenvalue weighted by atomic mass is 10.1. The molecule has 0 saturated carbocycles. The highest BCUT2D eigenvalue weighted by atomic mass is 16.6. The molecule has 0 N–H and O–H groups in total. The Morgan fingerprint density at radius 3 is 1.93 bits per heavy atom.